The quantitative estimate of drug-likeness (QED) is 0.232. The minimum Gasteiger partial charge on any atom is -0.507 e. The molecule has 4 aromatic rings. The Bertz CT molecular complexity index is 1600. The van der Waals surface area contributed by atoms with E-state index in [1.165, 1.54) is 46.7 Å². The average molecular weight is 563 g/mol. The van der Waals surface area contributed by atoms with Gasteiger partial charge in [-0.25, -0.2) is 15.0 Å². The highest BCUT2D eigenvalue weighted by atomic mass is 16.5. The number of nitrogens with zero attached hydrogens (tertiary/aromatic N) is 3. The van der Waals surface area contributed by atoms with Gasteiger partial charge in [-0.15, -0.1) is 0 Å². The highest BCUT2D eigenvalue weighted by molar-refractivity contribution is 6.73. The molecule has 0 fully saturated rings. The molecule has 1 heterocycles. The van der Waals surface area contributed by atoms with Crippen LogP contribution < -0.4 is 4.74 Å². The number of carbonyl (C=O) groups excluding carboxylic acids is 1. The molecule has 0 saturated carbocycles. The number of carbonyl (C=O) groups is 1. The zero-order chi connectivity index (χ0) is 31.2. The maximum absolute atomic E-state index is 12.0. The van der Waals surface area contributed by atoms with Gasteiger partial charge in [-0.2, -0.15) is 0 Å². The van der Waals surface area contributed by atoms with Crippen molar-refractivity contribution in [3.8, 4) is 45.7 Å². The molecular weight excluding hydrogens is 521 g/mol. The monoisotopic (exact) mass is 562 g/mol. The number of aromatic hydroxyl groups is 1. The van der Waals surface area contributed by atoms with Crippen LogP contribution in [-0.2, 0) is 4.79 Å². The zero-order valence-corrected chi connectivity index (χ0v) is 27.0. The van der Waals surface area contributed by atoms with Gasteiger partial charge in [0.2, 0.25) is 7.28 Å². The lowest BCUT2D eigenvalue weighted by Gasteiger charge is -2.21. The molecule has 0 aliphatic carbocycles. The maximum Gasteiger partial charge on any atom is 0.204 e. The van der Waals surface area contributed by atoms with Crippen molar-refractivity contribution in [2.75, 3.05) is 0 Å². The molecule has 1 unspecified atom stereocenters. The second kappa shape index (κ2) is 11.7. The molecule has 217 valence electrons. The van der Waals surface area contributed by atoms with Gasteiger partial charge in [-0.3, -0.25) is 0 Å². The Morgan fingerprint density at radius 3 is 1.43 bits per heavy atom. The standard InChI is InChI=1S/C35H41BN3O3/c1-16-18(3)22(7)30(23(8)19(16)4)34-37-33(28-14-13-27(15-29(28)40)42-26(11)32(41)36-12)38-35(39-34)31-24(9)20(5)17(2)21(6)25(31)10/h13-15,26,40H,1-12H3. The summed E-state index contributed by atoms with van der Waals surface area (Å²) in [6.07, 6.45) is -0.659. The Balaban J connectivity index is 2.02. The van der Waals surface area contributed by atoms with Crippen LogP contribution in [0.4, 0.5) is 0 Å². The number of benzene rings is 3. The molecule has 1 N–H and O–H groups in total. The normalized spacial score (nSPS) is 11.9. The van der Waals surface area contributed by atoms with Crippen molar-refractivity contribution < 1.29 is 14.6 Å². The summed E-state index contributed by atoms with van der Waals surface area (Å²) in [6.45, 7) is 24.7. The lowest BCUT2D eigenvalue weighted by molar-refractivity contribution is -0.117. The zero-order valence-electron chi connectivity index (χ0n) is 27.0. The fraction of sp³-hybridized carbons (Fsp3) is 0.371. The van der Waals surface area contributed by atoms with Crippen LogP contribution in [0.3, 0.4) is 0 Å². The Morgan fingerprint density at radius 1 is 0.667 bits per heavy atom. The molecule has 1 atom stereocenters. The Kier molecular flexibility index (Phi) is 8.63. The third-order valence-electron chi connectivity index (χ3n) is 9.29. The molecule has 6 nitrogen and oxygen atoms in total. The van der Waals surface area contributed by atoms with Crippen LogP contribution in [0.1, 0.15) is 62.6 Å². The van der Waals surface area contributed by atoms with E-state index in [-0.39, 0.29) is 11.4 Å². The maximum atomic E-state index is 12.0. The minimum atomic E-state index is -0.659. The van der Waals surface area contributed by atoms with E-state index < -0.39 is 6.10 Å². The van der Waals surface area contributed by atoms with Crippen molar-refractivity contribution in [3.05, 3.63) is 73.8 Å². The molecule has 1 aromatic heterocycles. The summed E-state index contributed by atoms with van der Waals surface area (Å²) in [4.78, 5) is 27.1. The second-order valence-corrected chi connectivity index (χ2v) is 11.4. The minimum absolute atomic E-state index is 0.0369. The topological polar surface area (TPSA) is 85.2 Å². The summed E-state index contributed by atoms with van der Waals surface area (Å²) in [5, 5.41) is 11.2. The van der Waals surface area contributed by atoms with E-state index in [1.54, 1.807) is 25.9 Å². The number of rotatable bonds is 7. The molecule has 4 rings (SSSR count). The summed E-state index contributed by atoms with van der Waals surface area (Å²) in [5.74, 6) is 1.87. The van der Waals surface area contributed by atoms with E-state index in [4.69, 9.17) is 19.7 Å². The predicted molar refractivity (Wildman–Crippen MR) is 172 cm³/mol. The number of phenolic OH excluding ortho intramolecular Hbond substituents is 1. The van der Waals surface area contributed by atoms with Crippen LogP contribution >= 0.6 is 0 Å². The van der Waals surface area contributed by atoms with Gasteiger partial charge in [0.25, 0.3) is 0 Å². The molecule has 0 amide bonds. The third-order valence-corrected chi connectivity index (χ3v) is 9.29. The van der Waals surface area contributed by atoms with E-state index in [0.717, 1.165) is 33.4 Å². The van der Waals surface area contributed by atoms with Crippen molar-refractivity contribution in [3.63, 3.8) is 0 Å². The van der Waals surface area contributed by atoms with E-state index in [0.29, 0.717) is 28.8 Å². The van der Waals surface area contributed by atoms with E-state index in [2.05, 4.69) is 69.2 Å². The SMILES string of the molecule is C[B]C(=O)C(C)Oc1ccc(-c2nc(-c3c(C)c(C)c(C)c(C)c3C)nc(-c3c(C)c(C)c(C)c(C)c3C)n2)c(O)c1. The molecule has 7 heteroatoms. The first-order valence-electron chi connectivity index (χ1n) is 14.4. The van der Waals surface area contributed by atoms with Gasteiger partial charge in [0, 0.05) is 17.2 Å². The largest absolute Gasteiger partial charge is 0.507 e. The highest BCUT2D eigenvalue weighted by Crippen LogP contribution is 2.38. The fourth-order valence-corrected chi connectivity index (χ4v) is 5.66. The molecular formula is C35H41BN3O3. The summed E-state index contributed by atoms with van der Waals surface area (Å²) in [6, 6.07) is 4.97. The second-order valence-electron chi connectivity index (χ2n) is 11.4. The van der Waals surface area contributed by atoms with Gasteiger partial charge in [-0.05, 0) is 144 Å². The van der Waals surface area contributed by atoms with Gasteiger partial charge < -0.3 is 14.6 Å². The van der Waals surface area contributed by atoms with Crippen LogP contribution in [0.15, 0.2) is 18.2 Å². The molecule has 0 saturated heterocycles. The molecule has 3 aromatic carbocycles. The van der Waals surface area contributed by atoms with Gasteiger partial charge >= 0.3 is 0 Å². The summed E-state index contributed by atoms with van der Waals surface area (Å²) < 4.78 is 5.77. The first kappa shape index (κ1) is 31.0. The van der Waals surface area contributed by atoms with Gasteiger partial charge in [0.15, 0.2) is 17.5 Å². The highest BCUT2D eigenvalue weighted by Gasteiger charge is 2.23. The van der Waals surface area contributed by atoms with Crippen LogP contribution in [0.2, 0.25) is 6.82 Å². The van der Waals surface area contributed by atoms with Crippen molar-refractivity contribution in [1.82, 2.24) is 15.0 Å². The number of hydrogen-bond donors (Lipinski definition) is 1. The molecule has 0 aliphatic rings. The summed E-state index contributed by atoms with van der Waals surface area (Å²) in [5.41, 5.74) is 14.2. The van der Waals surface area contributed by atoms with Crippen LogP contribution in [0, 0.1) is 69.2 Å². The molecule has 0 spiro atoms. The van der Waals surface area contributed by atoms with Gasteiger partial charge in [0.1, 0.15) is 23.3 Å². The third kappa shape index (κ3) is 5.33. The van der Waals surface area contributed by atoms with Crippen LogP contribution in [0.5, 0.6) is 11.5 Å². The van der Waals surface area contributed by atoms with E-state index in [1.807, 2.05) is 0 Å². The average Bonchev–Trinajstić information content (AvgIpc) is 2.96. The number of hydrogen-bond acceptors (Lipinski definition) is 6. The fourth-order valence-electron chi connectivity index (χ4n) is 5.66. The first-order valence-corrected chi connectivity index (χ1v) is 14.4. The van der Waals surface area contributed by atoms with Crippen molar-refractivity contribution >= 4 is 13.0 Å². The van der Waals surface area contributed by atoms with Crippen molar-refractivity contribution in [2.24, 2.45) is 0 Å². The van der Waals surface area contributed by atoms with E-state index >= 15 is 0 Å². The summed E-state index contributed by atoms with van der Waals surface area (Å²) in [7, 11) is 1.48. The molecule has 1 radical (unpaired) electrons. The van der Waals surface area contributed by atoms with E-state index in [9.17, 15) is 9.90 Å². The van der Waals surface area contributed by atoms with Crippen molar-refractivity contribution in [1.29, 1.82) is 0 Å². The Hall–Kier alpha value is -4.00. The van der Waals surface area contributed by atoms with Crippen LogP contribution in [-0.4, -0.2) is 39.1 Å². The van der Waals surface area contributed by atoms with Gasteiger partial charge in [-0.1, -0.05) is 6.82 Å². The first-order chi connectivity index (χ1) is 19.7. The predicted octanol–water partition coefficient (Wildman–Crippen LogP) is 7.71. The number of phenols is 1. The van der Waals surface area contributed by atoms with Gasteiger partial charge in [0.05, 0.1) is 5.56 Å². The molecule has 0 aliphatic heterocycles. The number of ether oxygens (including phenoxy) is 1. The summed E-state index contributed by atoms with van der Waals surface area (Å²) >= 11 is 0. The van der Waals surface area contributed by atoms with Crippen molar-refractivity contribution in [2.45, 2.75) is 89.1 Å². The van der Waals surface area contributed by atoms with Crippen LogP contribution in [0.25, 0.3) is 34.2 Å². The molecule has 42 heavy (non-hydrogen) atoms. The Labute approximate surface area is 250 Å². The molecule has 0 bridgehead atoms. The number of aromatic nitrogens is 3. The lowest BCUT2D eigenvalue weighted by atomic mass is 9.74. The smallest absolute Gasteiger partial charge is 0.204 e. The lowest BCUT2D eigenvalue weighted by Crippen LogP contribution is -2.27. The Morgan fingerprint density at radius 2 is 1.05 bits per heavy atom.